The molecule has 0 aliphatic rings. The minimum Gasteiger partial charge on any atom is -0.398 e. The van der Waals surface area contributed by atoms with E-state index in [0.29, 0.717) is 0 Å². The van der Waals surface area contributed by atoms with Gasteiger partial charge in [-0.3, -0.25) is 0 Å². The molecule has 0 N–H and O–H groups in total. The van der Waals surface area contributed by atoms with E-state index in [1.165, 1.54) is 118 Å². The zero-order valence-corrected chi connectivity index (χ0v) is 58.3. The first-order valence-corrected chi connectivity index (χ1v) is 34.2. The highest BCUT2D eigenvalue weighted by Gasteiger charge is 2.23. The van der Waals surface area contributed by atoms with Gasteiger partial charge in [0.2, 0.25) is 33.7 Å². The summed E-state index contributed by atoms with van der Waals surface area (Å²) in [5.41, 5.74) is 20.2. The van der Waals surface area contributed by atoms with Gasteiger partial charge in [0.15, 0.2) is 24.8 Å². The number of thiophene rings is 2. The van der Waals surface area contributed by atoms with Crippen molar-refractivity contribution in [2.24, 2.45) is 42.3 Å². The summed E-state index contributed by atoms with van der Waals surface area (Å²) in [6.07, 6.45) is 8.35. The number of hydrogen-bond acceptors (Lipinski definition) is 4. The summed E-state index contributed by atoms with van der Waals surface area (Å²) < 4.78 is 21.7. The first-order valence-electron chi connectivity index (χ1n) is 31.7. The smallest absolute Gasteiger partial charge is 0.381 e. The molecule has 0 bridgehead atoms. The summed E-state index contributed by atoms with van der Waals surface area (Å²) in [6, 6.07) is 86.7. The van der Waals surface area contributed by atoms with Gasteiger partial charge >= 0.3 is 5.89 Å². The van der Waals surface area contributed by atoms with Crippen LogP contribution in [0.25, 0.3) is 108 Å². The maximum Gasteiger partial charge on any atom is 0.381 e. The van der Waals surface area contributed by atoms with Crippen molar-refractivity contribution >= 4 is 87.1 Å². The topological polar surface area (TPSA) is 36.4 Å². The number of aryl methyl sites for hydroxylation is 12. The monoisotopic (exact) mass is 1290 g/mol. The van der Waals surface area contributed by atoms with Crippen molar-refractivity contribution in [3.8, 4) is 54.4 Å². The van der Waals surface area contributed by atoms with Crippen LogP contribution in [-0.4, -0.2) is 0 Å². The van der Waals surface area contributed by atoms with Crippen molar-refractivity contribution in [2.45, 2.75) is 41.5 Å². The molecule has 16 aromatic rings. The van der Waals surface area contributed by atoms with Crippen LogP contribution in [0.5, 0.6) is 0 Å². The molecule has 0 fully saturated rings. The number of benzene rings is 8. The highest BCUT2D eigenvalue weighted by Crippen LogP contribution is 2.37. The van der Waals surface area contributed by atoms with Crippen LogP contribution in [0.4, 0.5) is 0 Å². The second-order valence-electron chi connectivity index (χ2n) is 23.7. The van der Waals surface area contributed by atoms with Gasteiger partial charge in [0.1, 0.15) is 56.7 Å². The molecular weight excluding hydrogens is 1210 g/mol. The Morgan fingerprint density at radius 2 is 0.830 bits per heavy atom. The quantitative estimate of drug-likeness (QED) is 0.125. The van der Waals surface area contributed by atoms with E-state index in [1.54, 1.807) is 11.3 Å². The first-order chi connectivity index (χ1) is 45.7. The largest absolute Gasteiger partial charge is 0.398 e. The van der Waals surface area contributed by atoms with E-state index in [1.807, 2.05) is 72.2 Å². The Balaban J connectivity index is 0.000000115. The Hall–Kier alpha value is -10.1. The lowest BCUT2D eigenvalue weighted by atomic mass is 10.0. The molecule has 94 heavy (non-hydrogen) atoms. The van der Waals surface area contributed by atoms with Crippen LogP contribution in [0.2, 0.25) is 0 Å². The maximum absolute atomic E-state index is 5.93. The van der Waals surface area contributed by atoms with Gasteiger partial charge in [-0.25, -0.2) is 18.3 Å². The van der Waals surface area contributed by atoms with E-state index in [0.717, 1.165) is 22.6 Å². The second-order valence-corrected chi connectivity index (χ2v) is 26.7. The lowest BCUT2D eigenvalue weighted by Crippen LogP contribution is -2.30. The summed E-state index contributed by atoms with van der Waals surface area (Å²) in [5, 5.41) is 8.81. The molecule has 466 valence electrons. The number of oxazole rings is 1. The van der Waals surface area contributed by atoms with Crippen LogP contribution >= 0.6 is 34.0 Å². The number of rotatable bonds is 5. The third-order valence-electron chi connectivity index (χ3n) is 17.2. The lowest BCUT2D eigenvalue weighted by molar-refractivity contribution is -0.660. The molecule has 0 amide bonds. The number of nitrogens with zero attached hydrogens (tertiary/aromatic N) is 6. The van der Waals surface area contributed by atoms with Crippen molar-refractivity contribution in [1.29, 1.82) is 0 Å². The van der Waals surface area contributed by atoms with Gasteiger partial charge in [-0.1, -0.05) is 133 Å². The van der Waals surface area contributed by atoms with E-state index in [4.69, 9.17) is 4.42 Å². The minimum absolute atomic E-state index is 0.907. The number of para-hydroxylation sites is 3. The highest BCUT2D eigenvalue weighted by molar-refractivity contribution is 7.22. The standard InChI is InChI=1S/C15H14NO.2C15H14NS.C15H14N.C13H14N.C11H12NS/c1-11-7-3-4-8-12(11)15-16(2)13-9-5-6-10-14(13)17-15;1-11-12-7-3-4-9-14(12)17-15(11)13-8-5-6-10-16(13)2;1-11-7-3-4-8-12(11)15-16(2)13-9-5-6-10-14(13)17-15;1-11-5-3-6-12-8-9-13-7-4-10-16(2)15(13)14(11)12;1-11-7-3-4-8-12(11)13-9-5-6-10-14(13)2;1-9-6-8-13-11(9)10-5-3-4-7-12(10)2/h3*3-10H,1-2H3;3-10H,1-2H3;3-10H,1-2H3;3-8H,1-2H3/q6*+1. The van der Waals surface area contributed by atoms with Crippen LogP contribution < -0.4 is 27.4 Å². The summed E-state index contributed by atoms with van der Waals surface area (Å²) in [4.78, 5) is 2.73. The van der Waals surface area contributed by atoms with Crippen LogP contribution in [-0.2, 0) is 42.3 Å². The molecule has 0 unspecified atom stereocenters. The fraction of sp³-hybridized carbons (Fsp3) is 0.143. The lowest BCUT2D eigenvalue weighted by Gasteiger charge is -2.04. The van der Waals surface area contributed by atoms with E-state index in [2.05, 4.69) is 341 Å². The molecule has 0 saturated heterocycles. The zero-order valence-electron chi connectivity index (χ0n) is 55.9. The molecule has 8 heterocycles. The number of hydrogen-bond donors (Lipinski definition) is 0. The van der Waals surface area contributed by atoms with E-state index >= 15 is 0 Å². The normalized spacial score (nSPS) is 10.8. The van der Waals surface area contributed by atoms with Crippen LogP contribution in [0, 0.1) is 41.5 Å². The summed E-state index contributed by atoms with van der Waals surface area (Å²) in [7, 11) is 12.5. The SMILES string of the molecule is Cc1c(-c2cccc[n+]2C)sc2ccccc12.Cc1cccc2ccc3ccc[n+](C)c3c12.Cc1ccccc1-c1cccc[n+]1C.Cc1ccccc1-c1oc2ccccc2[n+]1C.Cc1ccccc1-c1sc2ccccc2[n+]1C.Cc1ccsc1-c1cccc[n+]1C. The third kappa shape index (κ3) is 14.6. The number of aromatic nitrogens is 6. The maximum atomic E-state index is 5.93. The molecule has 7 nitrogen and oxygen atoms in total. The Labute approximate surface area is 565 Å². The van der Waals surface area contributed by atoms with Gasteiger partial charge in [-0.2, -0.15) is 9.13 Å². The molecule has 0 spiro atoms. The van der Waals surface area contributed by atoms with E-state index < -0.39 is 0 Å². The number of fused-ring (bicyclic) bond motifs is 6. The summed E-state index contributed by atoms with van der Waals surface area (Å²) in [6.45, 7) is 12.9. The highest BCUT2D eigenvalue weighted by atomic mass is 32.1. The molecular formula is C84H82N6OS3+6. The third-order valence-corrected chi connectivity index (χ3v) is 20.8. The predicted molar refractivity (Wildman–Crippen MR) is 395 cm³/mol. The Morgan fingerprint density at radius 1 is 0.330 bits per heavy atom. The Morgan fingerprint density at radius 3 is 1.43 bits per heavy atom. The van der Waals surface area contributed by atoms with Crippen LogP contribution in [0.15, 0.2) is 283 Å². The molecule has 0 saturated carbocycles. The Kier molecular flexibility index (Phi) is 20.9. The van der Waals surface area contributed by atoms with Crippen molar-refractivity contribution in [3.05, 3.63) is 312 Å². The van der Waals surface area contributed by atoms with Crippen molar-refractivity contribution < 1.29 is 31.8 Å². The molecule has 8 aromatic heterocycles. The fourth-order valence-corrected chi connectivity index (χ4v) is 15.5. The Bertz CT molecular complexity index is 4890. The molecule has 0 radical (unpaired) electrons. The molecule has 8 aromatic carbocycles. The van der Waals surface area contributed by atoms with Gasteiger partial charge in [0.05, 0.1) is 16.5 Å². The van der Waals surface area contributed by atoms with Gasteiger partial charge in [-0.05, 0) is 164 Å². The number of thiazole rings is 1. The van der Waals surface area contributed by atoms with Gasteiger partial charge in [0.25, 0.3) is 10.5 Å². The van der Waals surface area contributed by atoms with E-state index in [9.17, 15) is 0 Å². The van der Waals surface area contributed by atoms with E-state index in [-0.39, 0.29) is 0 Å². The predicted octanol–water partition coefficient (Wildman–Crippen LogP) is 18.8. The summed E-state index contributed by atoms with van der Waals surface area (Å²) >= 11 is 5.52. The van der Waals surface area contributed by atoms with Gasteiger partial charge in [0, 0.05) is 70.2 Å². The summed E-state index contributed by atoms with van der Waals surface area (Å²) in [5.74, 6) is 0.907. The molecule has 0 aliphatic heterocycles. The average molecular weight is 1290 g/mol. The zero-order chi connectivity index (χ0) is 65.8. The fourth-order valence-electron chi connectivity index (χ4n) is 12.0. The van der Waals surface area contributed by atoms with Crippen molar-refractivity contribution in [2.75, 3.05) is 0 Å². The average Bonchev–Trinajstić information content (AvgIpc) is 0.858. The van der Waals surface area contributed by atoms with Crippen molar-refractivity contribution in [1.82, 2.24) is 0 Å². The van der Waals surface area contributed by atoms with Gasteiger partial charge in [-0.15, -0.1) is 22.7 Å². The molecule has 10 heteroatoms. The molecule has 0 aliphatic carbocycles. The van der Waals surface area contributed by atoms with Crippen LogP contribution in [0.3, 0.4) is 0 Å². The minimum atomic E-state index is 0.907. The number of pyridine rings is 4. The molecule has 0 atom stereocenters. The first kappa shape index (κ1) is 65.4. The van der Waals surface area contributed by atoms with Gasteiger partial charge < -0.3 is 4.42 Å². The van der Waals surface area contributed by atoms with Crippen LogP contribution in [0.1, 0.15) is 33.4 Å². The van der Waals surface area contributed by atoms with Crippen molar-refractivity contribution in [3.63, 3.8) is 0 Å². The second kappa shape index (κ2) is 30.1. The molecule has 16 rings (SSSR count).